The van der Waals surface area contributed by atoms with Gasteiger partial charge in [-0.2, -0.15) is 5.10 Å². The van der Waals surface area contributed by atoms with Crippen LogP contribution < -0.4 is 5.32 Å². The predicted molar refractivity (Wildman–Crippen MR) is 68.4 cm³/mol. The van der Waals surface area contributed by atoms with Gasteiger partial charge in [0.1, 0.15) is 12.7 Å². The number of aromatic nitrogens is 5. The maximum atomic E-state index is 11.9. The van der Waals surface area contributed by atoms with Crippen LogP contribution in [0.2, 0.25) is 0 Å². The second-order valence-electron chi connectivity index (χ2n) is 4.02. The molecule has 96 valence electrons. The van der Waals surface area contributed by atoms with Crippen LogP contribution in [0, 0.1) is 0 Å². The van der Waals surface area contributed by atoms with E-state index in [2.05, 4.69) is 25.4 Å². The van der Waals surface area contributed by atoms with Gasteiger partial charge in [-0.1, -0.05) is 12.1 Å². The summed E-state index contributed by atoms with van der Waals surface area (Å²) in [5.74, 6) is 0.0936. The number of nitrogens with one attached hydrogen (secondary N) is 2. The summed E-state index contributed by atoms with van der Waals surface area (Å²) in [5.41, 5.74) is 1.63. The Morgan fingerprint density at radius 3 is 3.05 bits per heavy atom. The standard InChI is InChI=1S/C12H12N6O/c19-12(14-5-6-18-8-13-7-15-18)11-16-9-3-1-2-4-10(9)17-11/h1-4,7-8H,5-6H2,(H,14,19)(H,16,17). The van der Waals surface area contributed by atoms with Crippen molar-refractivity contribution in [3.8, 4) is 0 Å². The molecule has 0 aliphatic carbocycles. The summed E-state index contributed by atoms with van der Waals surface area (Å²) in [6, 6.07) is 7.52. The molecule has 0 aliphatic heterocycles. The zero-order chi connectivity index (χ0) is 13.1. The quantitative estimate of drug-likeness (QED) is 0.714. The molecule has 0 saturated carbocycles. The van der Waals surface area contributed by atoms with Crippen molar-refractivity contribution in [2.75, 3.05) is 6.54 Å². The molecule has 2 heterocycles. The lowest BCUT2D eigenvalue weighted by molar-refractivity contribution is 0.0943. The highest BCUT2D eigenvalue weighted by Gasteiger charge is 2.10. The Balaban J connectivity index is 1.63. The van der Waals surface area contributed by atoms with Crippen LogP contribution in [0.4, 0.5) is 0 Å². The fourth-order valence-electron chi connectivity index (χ4n) is 1.78. The van der Waals surface area contributed by atoms with E-state index in [0.29, 0.717) is 18.9 Å². The fraction of sp³-hybridized carbons (Fsp3) is 0.167. The molecule has 0 unspecified atom stereocenters. The molecule has 0 spiro atoms. The summed E-state index contributed by atoms with van der Waals surface area (Å²) in [5, 5.41) is 6.73. The number of benzene rings is 1. The highest BCUT2D eigenvalue weighted by molar-refractivity contribution is 5.94. The third-order valence-electron chi connectivity index (χ3n) is 2.70. The van der Waals surface area contributed by atoms with Crippen molar-refractivity contribution in [1.29, 1.82) is 0 Å². The van der Waals surface area contributed by atoms with Gasteiger partial charge in [-0.15, -0.1) is 0 Å². The van der Waals surface area contributed by atoms with Crippen LogP contribution >= 0.6 is 0 Å². The molecule has 0 bridgehead atoms. The van der Waals surface area contributed by atoms with Crippen LogP contribution in [0.1, 0.15) is 10.6 Å². The van der Waals surface area contributed by atoms with Crippen molar-refractivity contribution >= 4 is 16.9 Å². The molecule has 7 nitrogen and oxygen atoms in total. The summed E-state index contributed by atoms with van der Waals surface area (Å²) in [6.07, 6.45) is 3.06. The number of rotatable bonds is 4. The number of hydrogen-bond acceptors (Lipinski definition) is 4. The lowest BCUT2D eigenvalue weighted by Crippen LogP contribution is -2.28. The number of carbonyl (C=O) groups excluding carboxylic acids is 1. The van der Waals surface area contributed by atoms with E-state index in [4.69, 9.17) is 0 Å². The highest BCUT2D eigenvalue weighted by Crippen LogP contribution is 2.09. The molecule has 0 aliphatic rings. The third kappa shape index (κ3) is 2.44. The number of carbonyl (C=O) groups is 1. The Labute approximate surface area is 108 Å². The van der Waals surface area contributed by atoms with Gasteiger partial charge in [-0.05, 0) is 12.1 Å². The smallest absolute Gasteiger partial charge is 0.287 e. The predicted octanol–water partition coefficient (Wildman–Crippen LogP) is 0.584. The van der Waals surface area contributed by atoms with E-state index in [1.807, 2.05) is 24.3 Å². The van der Waals surface area contributed by atoms with Crippen LogP contribution in [-0.2, 0) is 6.54 Å². The Bertz CT molecular complexity index is 654. The van der Waals surface area contributed by atoms with Crippen LogP contribution in [0.3, 0.4) is 0 Å². The molecule has 0 atom stereocenters. The maximum absolute atomic E-state index is 11.9. The SMILES string of the molecule is O=C(NCCn1cncn1)c1nc2ccccc2[nH]1. The van der Waals surface area contributed by atoms with Crippen molar-refractivity contribution in [1.82, 2.24) is 30.0 Å². The second kappa shape index (κ2) is 4.89. The van der Waals surface area contributed by atoms with Crippen molar-refractivity contribution in [2.45, 2.75) is 6.54 Å². The monoisotopic (exact) mass is 256 g/mol. The van der Waals surface area contributed by atoms with Crippen molar-refractivity contribution in [3.63, 3.8) is 0 Å². The first-order chi connectivity index (χ1) is 9.33. The molecule has 19 heavy (non-hydrogen) atoms. The summed E-state index contributed by atoms with van der Waals surface area (Å²) < 4.78 is 1.65. The van der Waals surface area contributed by atoms with E-state index in [1.54, 1.807) is 11.0 Å². The number of fused-ring (bicyclic) bond motifs is 1. The number of H-pyrrole nitrogens is 1. The van der Waals surface area contributed by atoms with Gasteiger partial charge in [-0.3, -0.25) is 9.48 Å². The number of hydrogen-bond donors (Lipinski definition) is 2. The first kappa shape index (κ1) is 11.4. The van der Waals surface area contributed by atoms with E-state index < -0.39 is 0 Å². The number of imidazole rings is 1. The van der Waals surface area contributed by atoms with E-state index in [9.17, 15) is 4.79 Å². The molecule has 1 amide bonds. The minimum Gasteiger partial charge on any atom is -0.348 e. The summed E-state index contributed by atoms with van der Waals surface area (Å²) in [7, 11) is 0. The largest absolute Gasteiger partial charge is 0.348 e. The molecule has 3 aromatic rings. The molecule has 2 aromatic heterocycles. The summed E-state index contributed by atoms with van der Waals surface area (Å²) in [4.78, 5) is 22.9. The van der Waals surface area contributed by atoms with Crippen LogP contribution in [0.5, 0.6) is 0 Å². The second-order valence-corrected chi connectivity index (χ2v) is 4.02. The van der Waals surface area contributed by atoms with Crippen LogP contribution in [-0.4, -0.2) is 37.2 Å². The molecule has 3 rings (SSSR count). The Hall–Kier alpha value is -2.70. The molecule has 0 radical (unpaired) electrons. The molecule has 7 heteroatoms. The molecular weight excluding hydrogens is 244 g/mol. The summed E-state index contributed by atoms with van der Waals surface area (Å²) in [6.45, 7) is 1.05. The van der Waals surface area contributed by atoms with Crippen LogP contribution in [0.25, 0.3) is 11.0 Å². The Kier molecular flexibility index (Phi) is 2.93. The average Bonchev–Trinajstić information content (AvgIpc) is 3.07. The highest BCUT2D eigenvalue weighted by atomic mass is 16.2. The number of aromatic amines is 1. The lowest BCUT2D eigenvalue weighted by Gasteiger charge is -2.02. The van der Waals surface area contributed by atoms with E-state index >= 15 is 0 Å². The first-order valence-corrected chi connectivity index (χ1v) is 5.88. The average molecular weight is 256 g/mol. The minimum atomic E-state index is -0.226. The van der Waals surface area contributed by atoms with Gasteiger partial charge in [0, 0.05) is 6.54 Å². The van der Waals surface area contributed by atoms with Gasteiger partial charge in [0.05, 0.1) is 17.6 Å². The minimum absolute atomic E-state index is 0.226. The third-order valence-corrected chi connectivity index (χ3v) is 2.70. The van der Waals surface area contributed by atoms with E-state index in [-0.39, 0.29) is 5.91 Å². The van der Waals surface area contributed by atoms with Gasteiger partial charge in [0.25, 0.3) is 5.91 Å². The number of nitrogens with zero attached hydrogens (tertiary/aromatic N) is 4. The number of para-hydroxylation sites is 2. The van der Waals surface area contributed by atoms with Gasteiger partial charge in [0.2, 0.25) is 0 Å². The molecular formula is C12H12N6O. The normalized spacial score (nSPS) is 10.7. The molecule has 0 fully saturated rings. The van der Waals surface area contributed by atoms with Gasteiger partial charge >= 0.3 is 0 Å². The number of amides is 1. The fourth-order valence-corrected chi connectivity index (χ4v) is 1.78. The van der Waals surface area contributed by atoms with Gasteiger partial charge in [0.15, 0.2) is 5.82 Å². The topological polar surface area (TPSA) is 88.5 Å². The van der Waals surface area contributed by atoms with Crippen molar-refractivity contribution in [2.24, 2.45) is 0 Å². The summed E-state index contributed by atoms with van der Waals surface area (Å²) >= 11 is 0. The zero-order valence-corrected chi connectivity index (χ0v) is 10.1. The molecule has 2 N–H and O–H groups in total. The van der Waals surface area contributed by atoms with E-state index in [1.165, 1.54) is 6.33 Å². The van der Waals surface area contributed by atoms with Gasteiger partial charge < -0.3 is 10.3 Å². The molecule has 0 saturated heterocycles. The van der Waals surface area contributed by atoms with Crippen molar-refractivity contribution in [3.05, 3.63) is 42.7 Å². The zero-order valence-electron chi connectivity index (χ0n) is 10.1. The van der Waals surface area contributed by atoms with Crippen LogP contribution in [0.15, 0.2) is 36.9 Å². The molecule has 1 aromatic carbocycles. The Morgan fingerprint density at radius 1 is 1.37 bits per heavy atom. The van der Waals surface area contributed by atoms with Crippen molar-refractivity contribution < 1.29 is 4.79 Å². The Morgan fingerprint density at radius 2 is 2.26 bits per heavy atom. The lowest BCUT2D eigenvalue weighted by atomic mass is 10.3. The first-order valence-electron chi connectivity index (χ1n) is 5.88. The maximum Gasteiger partial charge on any atom is 0.287 e. The van der Waals surface area contributed by atoms with Gasteiger partial charge in [-0.25, -0.2) is 9.97 Å². The van der Waals surface area contributed by atoms with E-state index in [0.717, 1.165) is 11.0 Å².